The molecule has 2 nitrogen and oxygen atoms in total. The number of pyridine rings is 1. The molecule has 0 amide bonds. The molecule has 0 unspecified atom stereocenters. The van der Waals surface area contributed by atoms with Gasteiger partial charge in [0.25, 0.3) is 0 Å². The molecular weight excluding hydrogens is 267 g/mol. The Hall–Kier alpha value is -0.470. The molecule has 0 fully saturated rings. The van der Waals surface area contributed by atoms with Crippen molar-refractivity contribution in [3.05, 3.63) is 21.9 Å². The van der Waals surface area contributed by atoms with Crippen LogP contribution in [0.15, 0.2) is 6.07 Å². The summed E-state index contributed by atoms with van der Waals surface area (Å²) in [5.74, 6) is 0. The summed E-state index contributed by atoms with van der Waals surface area (Å²) in [4.78, 5) is 4.04. The summed E-state index contributed by atoms with van der Waals surface area (Å²) in [6.07, 6.45) is 7.75. The SMILES string of the molecule is CCCCCCCCNc1c(C)cc(Cl)nc1Cl. The minimum Gasteiger partial charge on any atom is -0.382 e. The van der Waals surface area contributed by atoms with Crippen LogP contribution in [0.1, 0.15) is 51.0 Å². The molecule has 0 aliphatic rings. The van der Waals surface area contributed by atoms with Crippen molar-refractivity contribution in [2.45, 2.75) is 52.4 Å². The highest BCUT2D eigenvalue weighted by Crippen LogP contribution is 2.26. The molecule has 18 heavy (non-hydrogen) atoms. The third-order valence-electron chi connectivity index (χ3n) is 2.97. The zero-order valence-electron chi connectivity index (χ0n) is 11.2. The number of aryl methyl sites for hydroxylation is 1. The molecule has 0 aromatic carbocycles. The topological polar surface area (TPSA) is 24.9 Å². The lowest BCUT2D eigenvalue weighted by Crippen LogP contribution is -2.04. The van der Waals surface area contributed by atoms with Gasteiger partial charge in [-0.05, 0) is 25.0 Å². The van der Waals surface area contributed by atoms with Crippen molar-refractivity contribution >= 4 is 28.9 Å². The Morgan fingerprint density at radius 1 is 1.11 bits per heavy atom. The molecule has 0 atom stereocenters. The molecule has 0 aliphatic heterocycles. The fraction of sp³-hybridized carbons (Fsp3) is 0.643. The van der Waals surface area contributed by atoms with Gasteiger partial charge in [0.15, 0.2) is 5.15 Å². The first-order valence-electron chi connectivity index (χ1n) is 6.71. The van der Waals surface area contributed by atoms with E-state index in [-0.39, 0.29) is 0 Å². The van der Waals surface area contributed by atoms with Gasteiger partial charge >= 0.3 is 0 Å². The van der Waals surface area contributed by atoms with E-state index < -0.39 is 0 Å². The minimum atomic E-state index is 0.447. The van der Waals surface area contributed by atoms with Crippen LogP contribution in [0.25, 0.3) is 0 Å². The Labute approximate surface area is 120 Å². The van der Waals surface area contributed by atoms with Crippen molar-refractivity contribution in [3.63, 3.8) is 0 Å². The predicted octanol–water partition coefficient (Wildman–Crippen LogP) is 5.47. The van der Waals surface area contributed by atoms with Crippen LogP contribution in [0.2, 0.25) is 10.3 Å². The van der Waals surface area contributed by atoms with Crippen molar-refractivity contribution in [1.82, 2.24) is 4.98 Å². The van der Waals surface area contributed by atoms with E-state index in [0.717, 1.165) is 17.8 Å². The Morgan fingerprint density at radius 3 is 2.44 bits per heavy atom. The zero-order chi connectivity index (χ0) is 13.4. The maximum atomic E-state index is 6.06. The number of nitrogens with zero attached hydrogens (tertiary/aromatic N) is 1. The highest BCUT2D eigenvalue weighted by molar-refractivity contribution is 6.34. The Kier molecular flexibility index (Phi) is 7.45. The van der Waals surface area contributed by atoms with E-state index in [1.54, 1.807) is 0 Å². The lowest BCUT2D eigenvalue weighted by atomic mass is 10.1. The summed E-state index contributed by atoms with van der Waals surface area (Å²) >= 11 is 11.9. The van der Waals surface area contributed by atoms with Gasteiger partial charge in [0.2, 0.25) is 0 Å². The van der Waals surface area contributed by atoms with Crippen molar-refractivity contribution < 1.29 is 0 Å². The fourth-order valence-corrected chi connectivity index (χ4v) is 2.52. The van der Waals surface area contributed by atoms with Crippen LogP contribution in [0.3, 0.4) is 0 Å². The minimum absolute atomic E-state index is 0.447. The van der Waals surface area contributed by atoms with Crippen LogP contribution in [0, 0.1) is 6.92 Å². The number of anilines is 1. The van der Waals surface area contributed by atoms with E-state index in [0.29, 0.717) is 10.3 Å². The molecule has 0 saturated heterocycles. The van der Waals surface area contributed by atoms with E-state index in [9.17, 15) is 0 Å². The van der Waals surface area contributed by atoms with Gasteiger partial charge in [-0.15, -0.1) is 0 Å². The Bertz CT molecular complexity index is 344. The van der Waals surface area contributed by atoms with Gasteiger partial charge in [0.05, 0.1) is 5.69 Å². The molecule has 0 saturated carbocycles. The van der Waals surface area contributed by atoms with Gasteiger partial charge in [-0.25, -0.2) is 4.98 Å². The highest BCUT2D eigenvalue weighted by atomic mass is 35.5. The van der Waals surface area contributed by atoms with Crippen molar-refractivity contribution in [1.29, 1.82) is 0 Å². The van der Waals surface area contributed by atoms with Crippen LogP contribution in [0.4, 0.5) is 5.69 Å². The summed E-state index contributed by atoms with van der Waals surface area (Å²) in [7, 11) is 0. The Morgan fingerprint density at radius 2 is 1.78 bits per heavy atom. The molecule has 0 radical (unpaired) electrons. The average molecular weight is 289 g/mol. The van der Waals surface area contributed by atoms with Gasteiger partial charge in [-0.3, -0.25) is 0 Å². The normalized spacial score (nSPS) is 10.7. The lowest BCUT2D eigenvalue weighted by Gasteiger charge is -2.11. The van der Waals surface area contributed by atoms with Gasteiger partial charge in [0.1, 0.15) is 5.15 Å². The molecule has 0 spiro atoms. The predicted molar refractivity (Wildman–Crippen MR) is 80.9 cm³/mol. The Balaban J connectivity index is 2.27. The number of hydrogen-bond acceptors (Lipinski definition) is 2. The van der Waals surface area contributed by atoms with Gasteiger partial charge in [0, 0.05) is 6.54 Å². The van der Waals surface area contributed by atoms with E-state index in [1.165, 1.54) is 38.5 Å². The third kappa shape index (κ3) is 5.45. The maximum absolute atomic E-state index is 6.06. The first-order chi connectivity index (χ1) is 8.65. The van der Waals surface area contributed by atoms with Gasteiger partial charge < -0.3 is 5.32 Å². The van der Waals surface area contributed by atoms with E-state index >= 15 is 0 Å². The second kappa shape index (κ2) is 8.60. The number of nitrogens with one attached hydrogen (secondary N) is 1. The summed E-state index contributed by atoms with van der Waals surface area (Å²) in [5.41, 5.74) is 1.96. The molecule has 102 valence electrons. The lowest BCUT2D eigenvalue weighted by molar-refractivity contribution is 0.617. The van der Waals surface area contributed by atoms with E-state index in [2.05, 4.69) is 17.2 Å². The first kappa shape index (κ1) is 15.6. The second-order valence-corrected chi connectivity index (χ2v) is 5.37. The van der Waals surface area contributed by atoms with Crippen LogP contribution in [-0.2, 0) is 0 Å². The molecule has 1 rings (SSSR count). The van der Waals surface area contributed by atoms with Gasteiger partial charge in [-0.1, -0.05) is 62.2 Å². The third-order valence-corrected chi connectivity index (χ3v) is 3.44. The smallest absolute Gasteiger partial charge is 0.154 e. The van der Waals surface area contributed by atoms with Crippen molar-refractivity contribution in [2.24, 2.45) is 0 Å². The first-order valence-corrected chi connectivity index (χ1v) is 7.47. The molecule has 0 bridgehead atoms. The second-order valence-electron chi connectivity index (χ2n) is 4.62. The number of halogens is 2. The quantitative estimate of drug-likeness (QED) is 0.507. The molecule has 4 heteroatoms. The standard InChI is InChI=1S/C14H22Cl2N2/c1-3-4-5-6-7-8-9-17-13-11(2)10-12(15)18-14(13)16/h10,17H,3-9H2,1-2H3. The number of unbranched alkanes of at least 4 members (excludes halogenated alkanes) is 5. The largest absolute Gasteiger partial charge is 0.382 e. The number of hydrogen-bond donors (Lipinski definition) is 1. The fourth-order valence-electron chi connectivity index (χ4n) is 1.93. The average Bonchev–Trinajstić information content (AvgIpc) is 2.30. The van der Waals surface area contributed by atoms with Gasteiger partial charge in [-0.2, -0.15) is 0 Å². The van der Waals surface area contributed by atoms with Crippen LogP contribution in [-0.4, -0.2) is 11.5 Å². The monoisotopic (exact) mass is 288 g/mol. The summed E-state index contributed by atoms with van der Waals surface area (Å²) in [6.45, 7) is 5.17. The summed E-state index contributed by atoms with van der Waals surface area (Å²) in [5, 5.41) is 4.26. The van der Waals surface area contributed by atoms with E-state index in [1.807, 2.05) is 13.0 Å². The summed E-state index contributed by atoms with van der Waals surface area (Å²) < 4.78 is 0. The molecule has 0 aliphatic carbocycles. The number of aromatic nitrogens is 1. The van der Waals surface area contributed by atoms with Crippen molar-refractivity contribution in [3.8, 4) is 0 Å². The molecular formula is C14H22Cl2N2. The maximum Gasteiger partial charge on any atom is 0.154 e. The van der Waals surface area contributed by atoms with Crippen molar-refractivity contribution in [2.75, 3.05) is 11.9 Å². The summed E-state index contributed by atoms with van der Waals surface area (Å²) in [6, 6.07) is 1.83. The zero-order valence-corrected chi connectivity index (χ0v) is 12.7. The molecule has 1 N–H and O–H groups in total. The van der Waals surface area contributed by atoms with Crippen LogP contribution >= 0.6 is 23.2 Å². The van der Waals surface area contributed by atoms with Crippen LogP contribution in [0.5, 0.6) is 0 Å². The van der Waals surface area contributed by atoms with E-state index in [4.69, 9.17) is 23.2 Å². The molecule has 1 aromatic rings. The van der Waals surface area contributed by atoms with Crippen LogP contribution < -0.4 is 5.32 Å². The molecule has 1 aromatic heterocycles. The number of rotatable bonds is 8. The highest BCUT2D eigenvalue weighted by Gasteiger charge is 2.06. The molecule has 1 heterocycles.